The van der Waals surface area contributed by atoms with E-state index in [0.29, 0.717) is 12.6 Å². The molecule has 25 heavy (non-hydrogen) atoms. The van der Waals surface area contributed by atoms with Crippen LogP contribution in [0.5, 0.6) is 0 Å². The number of thiazole rings is 1. The molecule has 0 spiro atoms. The van der Waals surface area contributed by atoms with E-state index in [9.17, 15) is 4.79 Å². The SMILES string of the molecule is O=c1cc(CNC2CCN(c3nc4ccc(Cl)cc4s3)CC2)nc[nH]1. The van der Waals surface area contributed by atoms with Gasteiger partial charge >= 0.3 is 0 Å². The molecular formula is C17H18ClN5OS. The molecule has 0 saturated carbocycles. The van der Waals surface area contributed by atoms with Crippen LogP contribution in [0.4, 0.5) is 5.13 Å². The van der Waals surface area contributed by atoms with E-state index in [-0.39, 0.29) is 5.56 Å². The molecule has 3 aromatic rings. The zero-order chi connectivity index (χ0) is 17.2. The van der Waals surface area contributed by atoms with Crippen LogP contribution in [0.15, 0.2) is 35.4 Å². The van der Waals surface area contributed by atoms with Gasteiger partial charge in [-0.1, -0.05) is 22.9 Å². The molecule has 1 aliphatic rings. The Morgan fingerprint density at radius 2 is 2.16 bits per heavy atom. The van der Waals surface area contributed by atoms with Gasteiger partial charge in [-0.05, 0) is 31.0 Å². The van der Waals surface area contributed by atoms with Crippen LogP contribution in [0, 0.1) is 0 Å². The van der Waals surface area contributed by atoms with Gasteiger partial charge in [-0.25, -0.2) is 9.97 Å². The number of benzene rings is 1. The number of piperidine rings is 1. The second kappa shape index (κ2) is 7.11. The first-order valence-corrected chi connectivity index (χ1v) is 9.45. The van der Waals surface area contributed by atoms with Crippen molar-refractivity contribution in [1.29, 1.82) is 0 Å². The molecule has 130 valence electrons. The average Bonchev–Trinajstić information content (AvgIpc) is 3.03. The molecule has 1 aromatic carbocycles. The summed E-state index contributed by atoms with van der Waals surface area (Å²) in [5, 5.41) is 5.31. The topological polar surface area (TPSA) is 73.9 Å². The summed E-state index contributed by atoms with van der Waals surface area (Å²) in [4.78, 5) is 25.1. The van der Waals surface area contributed by atoms with Gasteiger partial charge in [0, 0.05) is 36.8 Å². The third-order valence-corrected chi connectivity index (χ3v) is 5.73. The highest BCUT2D eigenvalue weighted by Gasteiger charge is 2.21. The Kier molecular flexibility index (Phi) is 4.70. The predicted molar refractivity (Wildman–Crippen MR) is 102 cm³/mol. The number of hydrogen-bond donors (Lipinski definition) is 2. The van der Waals surface area contributed by atoms with Crippen LogP contribution in [0.2, 0.25) is 5.02 Å². The maximum Gasteiger partial charge on any atom is 0.250 e. The summed E-state index contributed by atoms with van der Waals surface area (Å²) in [5.41, 5.74) is 1.66. The number of hydrogen-bond acceptors (Lipinski definition) is 6. The number of rotatable bonds is 4. The van der Waals surface area contributed by atoms with E-state index < -0.39 is 0 Å². The zero-order valence-electron chi connectivity index (χ0n) is 13.5. The first kappa shape index (κ1) is 16.5. The number of halogens is 1. The van der Waals surface area contributed by atoms with E-state index in [0.717, 1.165) is 52.0 Å². The minimum atomic E-state index is -0.113. The molecular weight excluding hydrogens is 358 g/mol. The van der Waals surface area contributed by atoms with Crippen LogP contribution in [0.3, 0.4) is 0 Å². The highest BCUT2D eigenvalue weighted by Crippen LogP contribution is 2.32. The maximum atomic E-state index is 11.3. The van der Waals surface area contributed by atoms with Gasteiger partial charge in [0.05, 0.1) is 22.2 Å². The Morgan fingerprint density at radius 3 is 2.96 bits per heavy atom. The quantitative estimate of drug-likeness (QED) is 0.733. The van der Waals surface area contributed by atoms with Crippen LogP contribution in [0.1, 0.15) is 18.5 Å². The van der Waals surface area contributed by atoms with Gasteiger partial charge in [-0.15, -0.1) is 0 Å². The van der Waals surface area contributed by atoms with Crippen molar-refractivity contribution in [3.8, 4) is 0 Å². The summed E-state index contributed by atoms with van der Waals surface area (Å²) in [7, 11) is 0. The molecule has 2 aromatic heterocycles. The summed E-state index contributed by atoms with van der Waals surface area (Å²) < 4.78 is 1.13. The van der Waals surface area contributed by atoms with E-state index >= 15 is 0 Å². The summed E-state index contributed by atoms with van der Waals surface area (Å²) >= 11 is 7.75. The standard InChI is InChI=1S/C17H18ClN5OS/c18-11-1-2-14-15(7-11)25-17(22-14)23-5-3-12(4-6-23)19-9-13-8-16(24)21-10-20-13/h1-2,7-8,10,12,19H,3-6,9H2,(H,20,21,24). The van der Waals surface area contributed by atoms with Crippen molar-refractivity contribution in [3.63, 3.8) is 0 Å². The van der Waals surface area contributed by atoms with E-state index in [1.807, 2.05) is 18.2 Å². The van der Waals surface area contributed by atoms with Crippen molar-refractivity contribution in [2.75, 3.05) is 18.0 Å². The molecule has 4 rings (SSSR count). The molecule has 0 bridgehead atoms. The van der Waals surface area contributed by atoms with Gasteiger partial charge in [0.1, 0.15) is 0 Å². The van der Waals surface area contributed by atoms with E-state index in [4.69, 9.17) is 16.6 Å². The lowest BCUT2D eigenvalue weighted by molar-refractivity contribution is 0.411. The minimum absolute atomic E-state index is 0.113. The zero-order valence-corrected chi connectivity index (χ0v) is 15.1. The molecule has 1 aliphatic heterocycles. The van der Waals surface area contributed by atoms with Crippen molar-refractivity contribution < 1.29 is 0 Å². The Labute approximate surface area is 153 Å². The van der Waals surface area contributed by atoms with Crippen LogP contribution < -0.4 is 15.8 Å². The van der Waals surface area contributed by atoms with Gasteiger partial charge in [-0.2, -0.15) is 0 Å². The van der Waals surface area contributed by atoms with Crippen molar-refractivity contribution in [2.24, 2.45) is 0 Å². The van der Waals surface area contributed by atoms with E-state index in [1.165, 1.54) is 12.4 Å². The Hall–Kier alpha value is -1.96. The molecule has 0 atom stereocenters. The molecule has 0 amide bonds. The summed E-state index contributed by atoms with van der Waals surface area (Å²) in [6.07, 6.45) is 3.53. The monoisotopic (exact) mass is 375 g/mol. The molecule has 6 nitrogen and oxygen atoms in total. The first-order chi connectivity index (χ1) is 12.2. The van der Waals surface area contributed by atoms with E-state index in [1.54, 1.807) is 11.3 Å². The Morgan fingerprint density at radius 1 is 1.32 bits per heavy atom. The maximum absolute atomic E-state index is 11.3. The fraction of sp³-hybridized carbons (Fsp3) is 0.353. The summed E-state index contributed by atoms with van der Waals surface area (Å²) in [6.45, 7) is 2.55. The fourth-order valence-corrected chi connectivity index (χ4v) is 4.34. The van der Waals surface area contributed by atoms with Gasteiger partial charge in [0.25, 0.3) is 5.56 Å². The largest absolute Gasteiger partial charge is 0.348 e. The first-order valence-electron chi connectivity index (χ1n) is 8.25. The number of fused-ring (bicyclic) bond motifs is 1. The lowest BCUT2D eigenvalue weighted by Crippen LogP contribution is -2.42. The third-order valence-electron chi connectivity index (χ3n) is 4.41. The van der Waals surface area contributed by atoms with Gasteiger partial charge < -0.3 is 15.2 Å². The normalized spacial score (nSPS) is 15.8. The lowest BCUT2D eigenvalue weighted by atomic mass is 10.1. The predicted octanol–water partition coefficient (Wildman–Crippen LogP) is 2.79. The van der Waals surface area contributed by atoms with Crippen LogP contribution in [-0.4, -0.2) is 34.1 Å². The molecule has 8 heteroatoms. The average molecular weight is 376 g/mol. The molecule has 0 radical (unpaired) electrons. The summed E-state index contributed by atoms with van der Waals surface area (Å²) in [6, 6.07) is 7.79. The van der Waals surface area contributed by atoms with Gasteiger partial charge in [0.15, 0.2) is 5.13 Å². The minimum Gasteiger partial charge on any atom is -0.348 e. The third kappa shape index (κ3) is 3.84. The lowest BCUT2D eigenvalue weighted by Gasteiger charge is -2.32. The van der Waals surface area contributed by atoms with Crippen LogP contribution in [-0.2, 0) is 6.54 Å². The number of H-pyrrole nitrogens is 1. The number of aromatic amines is 1. The highest BCUT2D eigenvalue weighted by molar-refractivity contribution is 7.22. The summed E-state index contributed by atoms with van der Waals surface area (Å²) in [5.74, 6) is 0. The second-order valence-corrected chi connectivity index (χ2v) is 7.60. The highest BCUT2D eigenvalue weighted by atomic mass is 35.5. The molecule has 1 saturated heterocycles. The molecule has 1 fully saturated rings. The van der Waals surface area contributed by atoms with Gasteiger partial charge in [0.2, 0.25) is 0 Å². The number of aromatic nitrogens is 3. The number of nitrogens with zero attached hydrogens (tertiary/aromatic N) is 3. The molecule has 0 unspecified atom stereocenters. The van der Waals surface area contributed by atoms with E-state index in [2.05, 4.69) is 20.2 Å². The smallest absolute Gasteiger partial charge is 0.250 e. The molecule has 0 aliphatic carbocycles. The Balaban J connectivity index is 1.35. The Bertz CT molecular complexity index is 932. The molecule has 3 heterocycles. The van der Waals surface area contributed by atoms with Crippen molar-refractivity contribution >= 4 is 38.3 Å². The van der Waals surface area contributed by atoms with Gasteiger partial charge in [-0.3, -0.25) is 4.79 Å². The van der Waals surface area contributed by atoms with Crippen molar-refractivity contribution in [3.05, 3.63) is 51.7 Å². The second-order valence-electron chi connectivity index (χ2n) is 6.15. The molecule has 2 N–H and O–H groups in total. The fourth-order valence-electron chi connectivity index (χ4n) is 3.05. The van der Waals surface area contributed by atoms with Crippen LogP contribution >= 0.6 is 22.9 Å². The van der Waals surface area contributed by atoms with Crippen LogP contribution in [0.25, 0.3) is 10.2 Å². The number of anilines is 1. The van der Waals surface area contributed by atoms with Crippen molar-refractivity contribution in [2.45, 2.75) is 25.4 Å². The number of nitrogens with one attached hydrogen (secondary N) is 2. The van der Waals surface area contributed by atoms with Crippen molar-refractivity contribution in [1.82, 2.24) is 20.3 Å².